The number of aliphatic carboxylic acids is 1. The van der Waals surface area contributed by atoms with Crippen molar-refractivity contribution >= 4 is 17.7 Å². The summed E-state index contributed by atoms with van der Waals surface area (Å²) < 4.78 is 0. The van der Waals surface area contributed by atoms with Gasteiger partial charge in [-0.05, 0) is 6.07 Å². The first-order valence-electron chi connectivity index (χ1n) is 3.84. The van der Waals surface area contributed by atoms with E-state index in [0.717, 1.165) is 5.82 Å². The molecule has 0 unspecified atom stereocenters. The first-order valence-corrected chi connectivity index (χ1v) is 5.00. The number of hydrogen-bond donors (Lipinski definition) is 1. The molecule has 0 aliphatic rings. The van der Waals surface area contributed by atoms with Crippen LogP contribution in [0.5, 0.6) is 0 Å². The molecule has 5 heteroatoms. The van der Waals surface area contributed by atoms with Crippen molar-refractivity contribution in [2.45, 2.75) is 12.2 Å². The van der Waals surface area contributed by atoms with E-state index < -0.39 is 5.97 Å². The third kappa shape index (κ3) is 4.47. The summed E-state index contributed by atoms with van der Waals surface area (Å²) in [7, 11) is 0. The van der Waals surface area contributed by atoms with Gasteiger partial charge in [0.25, 0.3) is 0 Å². The van der Waals surface area contributed by atoms with Crippen molar-refractivity contribution in [3.8, 4) is 0 Å². The van der Waals surface area contributed by atoms with E-state index in [1.807, 2.05) is 0 Å². The molecular formula is C8H10N2O2S. The lowest BCUT2D eigenvalue weighted by molar-refractivity contribution is -0.136. The fourth-order valence-electron chi connectivity index (χ4n) is 0.727. The summed E-state index contributed by atoms with van der Waals surface area (Å²) >= 11 is 1.53. The number of aromatic nitrogens is 2. The van der Waals surface area contributed by atoms with E-state index in [1.54, 1.807) is 18.5 Å². The van der Waals surface area contributed by atoms with Gasteiger partial charge in [-0.3, -0.25) is 4.79 Å². The molecule has 1 aromatic rings. The van der Waals surface area contributed by atoms with Crippen LogP contribution in [0.15, 0.2) is 18.5 Å². The molecule has 0 fully saturated rings. The van der Waals surface area contributed by atoms with Crippen molar-refractivity contribution in [1.29, 1.82) is 0 Å². The van der Waals surface area contributed by atoms with Gasteiger partial charge in [0.05, 0.1) is 12.2 Å². The fraction of sp³-hybridized carbons (Fsp3) is 0.375. The highest BCUT2D eigenvalue weighted by Crippen LogP contribution is 2.08. The second-order valence-corrected chi connectivity index (χ2v) is 3.47. The molecule has 0 saturated carbocycles. The zero-order valence-electron chi connectivity index (χ0n) is 7.01. The maximum Gasteiger partial charge on any atom is 0.304 e. The number of carboxylic acids is 1. The Morgan fingerprint density at radius 1 is 1.46 bits per heavy atom. The van der Waals surface area contributed by atoms with Crippen LogP contribution in [0.1, 0.15) is 12.2 Å². The van der Waals surface area contributed by atoms with Gasteiger partial charge in [-0.25, -0.2) is 9.97 Å². The van der Waals surface area contributed by atoms with Crippen molar-refractivity contribution in [1.82, 2.24) is 9.97 Å². The molecule has 0 spiro atoms. The minimum absolute atomic E-state index is 0.192. The van der Waals surface area contributed by atoms with Gasteiger partial charge in [0.2, 0.25) is 0 Å². The monoisotopic (exact) mass is 198 g/mol. The lowest BCUT2D eigenvalue weighted by Crippen LogP contribution is -1.97. The van der Waals surface area contributed by atoms with Crippen molar-refractivity contribution in [3.05, 3.63) is 24.3 Å². The highest BCUT2D eigenvalue weighted by Gasteiger charge is 1.98. The molecule has 1 N–H and O–H groups in total. The Balaban J connectivity index is 2.17. The predicted molar refractivity (Wildman–Crippen MR) is 50.4 cm³/mol. The van der Waals surface area contributed by atoms with Gasteiger partial charge in [0, 0.05) is 18.1 Å². The van der Waals surface area contributed by atoms with Crippen molar-refractivity contribution in [2.24, 2.45) is 0 Å². The summed E-state index contributed by atoms with van der Waals surface area (Å²) in [6.07, 6.45) is 3.55. The maximum absolute atomic E-state index is 10.2. The highest BCUT2D eigenvalue weighted by molar-refractivity contribution is 7.98. The standard InChI is InChI=1S/C8H10N2O2S/c11-8(12)2-5-13-6-7-9-3-1-4-10-7/h1,3-4H,2,5-6H2,(H,11,12). The molecule has 0 radical (unpaired) electrons. The number of rotatable bonds is 5. The molecular weight excluding hydrogens is 188 g/mol. The van der Waals surface area contributed by atoms with Crippen molar-refractivity contribution < 1.29 is 9.90 Å². The molecule has 13 heavy (non-hydrogen) atoms. The Morgan fingerprint density at radius 2 is 2.15 bits per heavy atom. The third-order valence-electron chi connectivity index (χ3n) is 1.31. The molecule has 1 heterocycles. The Labute approximate surface area is 80.4 Å². The van der Waals surface area contributed by atoms with Crippen LogP contribution in [0.4, 0.5) is 0 Å². The summed E-state index contributed by atoms with van der Waals surface area (Å²) in [4.78, 5) is 18.2. The Hall–Kier alpha value is -1.10. The molecule has 70 valence electrons. The van der Waals surface area contributed by atoms with Gasteiger partial charge in [-0.15, -0.1) is 0 Å². The van der Waals surface area contributed by atoms with E-state index in [0.29, 0.717) is 11.5 Å². The van der Waals surface area contributed by atoms with Gasteiger partial charge in [-0.1, -0.05) is 0 Å². The molecule has 0 bridgehead atoms. The van der Waals surface area contributed by atoms with Crippen molar-refractivity contribution in [3.63, 3.8) is 0 Å². The first-order chi connectivity index (χ1) is 6.29. The zero-order chi connectivity index (χ0) is 9.52. The lowest BCUT2D eigenvalue weighted by Gasteiger charge is -1.97. The zero-order valence-corrected chi connectivity index (χ0v) is 7.83. The topological polar surface area (TPSA) is 63.1 Å². The summed E-state index contributed by atoms with van der Waals surface area (Å²) in [6, 6.07) is 1.76. The molecule has 4 nitrogen and oxygen atoms in total. The molecule has 1 aromatic heterocycles. The van der Waals surface area contributed by atoms with Crippen LogP contribution < -0.4 is 0 Å². The first kappa shape index (κ1) is 9.98. The van der Waals surface area contributed by atoms with Gasteiger partial charge >= 0.3 is 5.97 Å². The maximum atomic E-state index is 10.2. The Bertz CT molecular complexity index is 266. The van der Waals surface area contributed by atoms with E-state index in [4.69, 9.17) is 5.11 Å². The van der Waals surface area contributed by atoms with Crippen LogP contribution in [-0.2, 0) is 10.5 Å². The van der Waals surface area contributed by atoms with Crippen LogP contribution in [0, 0.1) is 0 Å². The molecule has 0 aliphatic heterocycles. The van der Waals surface area contributed by atoms with Crippen LogP contribution in [0.2, 0.25) is 0 Å². The molecule has 0 aliphatic carbocycles. The smallest absolute Gasteiger partial charge is 0.304 e. The average Bonchev–Trinajstić information content (AvgIpc) is 2.14. The van der Waals surface area contributed by atoms with Gasteiger partial charge in [-0.2, -0.15) is 11.8 Å². The Morgan fingerprint density at radius 3 is 2.77 bits per heavy atom. The highest BCUT2D eigenvalue weighted by atomic mass is 32.2. The summed E-state index contributed by atoms with van der Waals surface area (Å²) in [5.41, 5.74) is 0. The molecule has 1 rings (SSSR count). The van der Waals surface area contributed by atoms with Gasteiger partial charge in [0.15, 0.2) is 0 Å². The SMILES string of the molecule is O=C(O)CCSCc1ncccn1. The van der Waals surface area contributed by atoms with Crippen LogP contribution >= 0.6 is 11.8 Å². The van der Waals surface area contributed by atoms with E-state index >= 15 is 0 Å². The van der Waals surface area contributed by atoms with Crippen molar-refractivity contribution in [2.75, 3.05) is 5.75 Å². The predicted octanol–water partition coefficient (Wildman–Crippen LogP) is 1.18. The molecule has 0 amide bonds. The second kappa shape index (κ2) is 5.53. The number of carbonyl (C=O) groups is 1. The number of hydrogen-bond acceptors (Lipinski definition) is 4. The summed E-state index contributed by atoms with van der Waals surface area (Å²) in [6.45, 7) is 0. The van der Waals surface area contributed by atoms with Crippen LogP contribution in [0.25, 0.3) is 0 Å². The minimum atomic E-state index is -0.763. The summed E-state index contributed by atoms with van der Waals surface area (Å²) in [5.74, 6) is 1.26. The average molecular weight is 198 g/mol. The van der Waals surface area contributed by atoms with Crippen LogP contribution in [0.3, 0.4) is 0 Å². The molecule has 0 saturated heterocycles. The minimum Gasteiger partial charge on any atom is -0.481 e. The second-order valence-electron chi connectivity index (χ2n) is 2.36. The fourth-order valence-corrected chi connectivity index (χ4v) is 1.52. The molecule has 0 aromatic carbocycles. The van der Waals surface area contributed by atoms with E-state index in [1.165, 1.54) is 11.8 Å². The van der Waals surface area contributed by atoms with Gasteiger partial charge < -0.3 is 5.11 Å². The largest absolute Gasteiger partial charge is 0.481 e. The van der Waals surface area contributed by atoms with E-state index in [-0.39, 0.29) is 6.42 Å². The lowest BCUT2D eigenvalue weighted by atomic mass is 10.5. The van der Waals surface area contributed by atoms with Gasteiger partial charge in [0.1, 0.15) is 5.82 Å². The normalized spacial score (nSPS) is 9.85. The third-order valence-corrected chi connectivity index (χ3v) is 2.27. The number of carboxylic acid groups (broad SMARTS) is 1. The molecule has 0 atom stereocenters. The Kier molecular flexibility index (Phi) is 4.25. The summed E-state index contributed by atoms with van der Waals surface area (Å²) in [5, 5.41) is 8.37. The number of thioether (sulfide) groups is 1. The van der Waals surface area contributed by atoms with E-state index in [2.05, 4.69) is 9.97 Å². The van der Waals surface area contributed by atoms with Crippen LogP contribution in [-0.4, -0.2) is 26.8 Å². The number of nitrogens with zero attached hydrogens (tertiary/aromatic N) is 2. The van der Waals surface area contributed by atoms with E-state index in [9.17, 15) is 4.79 Å². The quantitative estimate of drug-likeness (QED) is 0.720.